The van der Waals surface area contributed by atoms with Gasteiger partial charge >= 0.3 is 0 Å². The molecule has 0 spiro atoms. The molecule has 2 aliphatic rings. The highest BCUT2D eigenvalue weighted by atomic mass is 28.4. The molecule has 0 aromatic heterocycles. The standard InChI is InChI=1S/C13H22O2Si/c1-4-16(5-2,6-3)15-13-9-11-7-8-12(10-13)14-11/h7-9,11-12H,4-6,10H2,1-3H3/t11-,12+/m1/s1. The van der Waals surface area contributed by atoms with Crippen molar-refractivity contribution in [2.45, 2.75) is 57.5 Å². The van der Waals surface area contributed by atoms with E-state index in [1.807, 2.05) is 0 Å². The molecule has 0 N–H and O–H groups in total. The van der Waals surface area contributed by atoms with Crippen molar-refractivity contribution in [3.8, 4) is 0 Å². The van der Waals surface area contributed by atoms with E-state index in [0.717, 1.165) is 6.42 Å². The summed E-state index contributed by atoms with van der Waals surface area (Å²) in [5, 5.41) is 0. The summed E-state index contributed by atoms with van der Waals surface area (Å²) in [6, 6.07) is 3.63. The van der Waals surface area contributed by atoms with E-state index in [4.69, 9.17) is 9.16 Å². The fraction of sp³-hybridized carbons (Fsp3) is 0.692. The van der Waals surface area contributed by atoms with E-state index in [-0.39, 0.29) is 12.2 Å². The molecule has 2 heterocycles. The predicted octanol–water partition coefficient (Wildman–Crippen LogP) is 3.62. The summed E-state index contributed by atoms with van der Waals surface area (Å²) in [7, 11) is -1.49. The molecule has 0 aliphatic carbocycles. The van der Waals surface area contributed by atoms with Gasteiger partial charge < -0.3 is 9.16 Å². The summed E-state index contributed by atoms with van der Waals surface area (Å²) in [6.07, 6.45) is 7.82. The van der Waals surface area contributed by atoms with Crippen LogP contribution in [-0.2, 0) is 9.16 Å². The molecule has 90 valence electrons. The molecular weight excluding hydrogens is 216 g/mol. The molecular formula is C13H22O2Si. The first-order chi connectivity index (χ1) is 7.71. The summed E-state index contributed by atoms with van der Waals surface area (Å²) in [6.45, 7) is 6.81. The molecule has 2 nitrogen and oxygen atoms in total. The number of fused-ring (bicyclic) bond motifs is 2. The second-order valence-corrected chi connectivity index (χ2v) is 9.40. The molecule has 2 atom stereocenters. The number of rotatable bonds is 5. The van der Waals surface area contributed by atoms with Gasteiger partial charge in [0.1, 0.15) is 0 Å². The Kier molecular flexibility index (Phi) is 3.55. The van der Waals surface area contributed by atoms with Gasteiger partial charge in [0, 0.05) is 6.42 Å². The Morgan fingerprint density at radius 1 is 1.25 bits per heavy atom. The minimum atomic E-state index is -1.49. The highest BCUT2D eigenvalue weighted by Gasteiger charge is 2.34. The minimum absolute atomic E-state index is 0.172. The van der Waals surface area contributed by atoms with Crippen LogP contribution in [0.4, 0.5) is 0 Å². The van der Waals surface area contributed by atoms with E-state index in [9.17, 15) is 0 Å². The molecule has 2 aliphatic heterocycles. The number of ether oxygens (including phenoxy) is 1. The Hall–Kier alpha value is -0.543. The van der Waals surface area contributed by atoms with Crippen LogP contribution in [0.1, 0.15) is 27.2 Å². The van der Waals surface area contributed by atoms with Crippen LogP contribution in [0, 0.1) is 0 Å². The average Bonchev–Trinajstić information content (AvgIpc) is 2.66. The van der Waals surface area contributed by atoms with Crippen molar-refractivity contribution in [3.63, 3.8) is 0 Å². The third-order valence-electron chi connectivity index (χ3n) is 3.88. The van der Waals surface area contributed by atoms with Crippen LogP contribution in [0.2, 0.25) is 18.1 Å². The van der Waals surface area contributed by atoms with Crippen LogP contribution in [0.25, 0.3) is 0 Å². The predicted molar refractivity (Wildman–Crippen MR) is 68.8 cm³/mol. The maximum absolute atomic E-state index is 6.39. The molecule has 0 amide bonds. The highest BCUT2D eigenvalue weighted by Crippen LogP contribution is 2.32. The number of hydrogen-bond acceptors (Lipinski definition) is 2. The van der Waals surface area contributed by atoms with E-state index < -0.39 is 8.32 Å². The Labute approximate surface area is 99.5 Å². The van der Waals surface area contributed by atoms with Crippen molar-refractivity contribution < 1.29 is 9.16 Å². The summed E-state index contributed by atoms with van der Waals surface area (Å²) in [5.74, 6) is 1.18. The Morgan fingerprint density at radius 3 is 2.50 bits per heavy atom. The average molecular weight is 238 g/mol. The molecule has 0 aromatic rings. The van der Waals surface area contributed by atoms with Gasteiger partial charge in [0.2, 0.25) is 8.32 Å². The monoisotopic (exact) mass is 238 g/mol. The lowest BCUT2D eigenvalue weighted by Crippen LogP contribution is -2.36. The largest absolute Gasteiger partial charge is 0.547 e. The molecule has 2 bridgehead atoms. The first kappa shape index (κ1) is 11.9. The summed E-state index contributed by atoms with van der Waals surface area (Å²) >= 11 is 0. The van der Waals surface area contributed by atoms with Gasteiger partial charge in [-0.25, -0.2) is 0 Å². The topological polar surface area (TPSA) is 18.5 Å². The van der Waals surface area contributed by atoms with Crippen molar-refractivity contribution in [1.82, 2.24) is 0 Å². The molecule has 3 heteroatoms. The van der Waals surface area contributed by atoms with Crippen molar-refractivity contribution >= 4 is 8.32 Å². The molecule has 0 fully saturated rings. The van der Waals surface area contributed by atoms with E-state index in [2.05, 4.69) is 39.0 Å². The summed E-state index contributed by atoms with van der Waals surface area (Å²) < 4.78 is 12.1. The normalized spacial score (nSPS) is 28.1. The molecule has 0 radical (unpaired) electrons. The van der Waals surface area contributed by atoms with Crippen molar-refractivity contribution in [3.05, 3.63) is 24.0 Å². The minimum Gasteiger partial charge on any atom is -0.547 e. The molecule has 0 aromatic carbocycles. The van der Waals surface area contributed by atoms with Gasteiger partial charge in [0.05, 0.1) is 18.0 Å². The first-order valence-corrected chi connectivity index (χ1v) is 8.98. The van der Waals surface area contributed by atoms with Gasteiger partial charge in [0.25, 0.3) is 0 Å². The lowest BCUT2D eigenvalue weighted by atomic mass is 10.2. The van der Waals surface area contributed by atoms with Crippen LogP contribution in [0.5, 0.6) is 0 Å². The second kappa shape index (κ2) is 4.76. The Morgan fingerprint density at radius 2 is 1.94 bits per heavy atom. The van der Waals surface area contributed by atoms with Crippen LogP contribution in [0.3, 0.4) is 0 Å². The Balaban J connectivity index is 2.04. The zero-order valence-electron chi connectivity index (χ0n) is 10.5. The highest BCUT2D eigenvalue weighted by molar-refractivity contribution is 6.73. The lowest BCUT2D eigenvalue weighted by molar-refractivity contribution is 0.0640. The fourth-order valence-electron chi connectivity index (χ4n) is 2.51. The zero-order chi connectivity index (χ0) is 11.6. The van der Waals surface area contributed by atoms with Crippen LogP contribution < -0.4 is 0 Å². The van der Waals surface area contributed by atoms with Crippen LogP contribution in [0.15, 0.2) is 24.0 Å². The van der Waals surface area contributed by atoms with Crippen molar-refractivity contribution in [1.29, 1.82) is 0 Å². The van der Waals surface area contributed by atoms with E-state index >= 15 is 0 Å². The SMILES string of the molecule is CC[Si](CC)(CC)OC1=C[C@H]2C=C[C@@H](C1)O2. The van der Waals surface area contributed by atoms with Crippen molar-refractivity contribution in [2.75, 3.05) is 0 Å². The Bertz CT molecular complexity index is 297. The zero-order valence-corrected chi connectivity index (χ0v) is 11.5. The molecule has 0 saturated heterocycles. The maximum Gasteiger partial charge on any atom is 0.250 e. The summed E-state index contributed by atoms with van der Waals surface area (Å²) in [5.41, 5.74) is 0. The van der Waals surface area contributed by atoms with Crippen LogP contribution in [-0.4, -0.2) is 20.5 Å². The van der Waals surface area contributed by atoms with Gasteiger partial charge in [0.15, 0.2) is 0 Å². The van der Waals surface area contributed by atoms with Gasteiger partial charge in [-0.2, -0.15) is 0 Å². The quantitative estimate of drug-likeness (QED) is 0.538. The maximum atomic E-state index is 6.39. The third-order valence-corrected chi connectivity index (χ3v) is 8.44. The first-order valence-electron chi connectivity index (χ1n) is 6.45. The van der Waals surface area contributed by atoms with E-state index in [1.165, 1.54) is 23.9 Å². The third kappa shape index (κ3) is 2.25. The van der Waals surface area contributed by atoms with Gasteiger partial charge in [-0.3, -0.25) is 0 Å². The van der Waals surface area contributed by atoms with Crippen molar-refractivity contribution in [2.24, 2.45) is 0 Å². The molecule has 0 saturated carbocycles. The van der Waals surface area contributed by atoms with Gasteiger partial charge in [-0.1, -0.05) is 32.9 Å². The molecule has 2 rings (SSSR count). The lowest BCUT2D eigenvalue weighted by Gasteiger charge is -2.33. The molecule has 16 heavy (non-hydrogen) atoms. The second-order valence-electron chi connectivity index (χ2n) is 4.71. The van der Waals surface area contributed by atoms with Crippen LogP contribution >= 0.6 is 0 Å². The molecule has 0 unspecified atom stereocenters. The van der Waals surface area contributed by atoms with Gasteiger partial charge in [-0.05, 0) is 24.2 Å². The fourth-order valence-corrected chi connectivity index (χ4v) is 5.15. The van der Waals surface area contributed by atoms with E-state index in [0.29, 0.717) is 0 Å². The van der Waals surface area contributed by atoms with E-state index in [1.54, 1.807) is 0 Å². The summed E-state index contributed by atoms with van der Waals surface area (Å²) in [4.78, 5) is 0. The number of hydrogen-bond donors (Lipinski definition) is 0. The van der Waals surface area contributed by atoms with Gasteiger partial charge in [-0.15, -0.1) is 0 Å². The smallest absolute Gasteiger partial charge is 0.250 e.